The standard InChI is InChI=1S/C33H40Cl4N10O/c1-21-29(36)32(38)40-46(21)19-27(44-15-11-42(12-16-44)25-7-3-23(34)4-8-25)31(48)28(20-47-22(2)30(37)33(39)41-47)45-17-13-43(14-18-45)26-9-5-24(35)6-10-26/h3-10,27-28H,11-20H2,1-2H3,(H2,38,40)(H2,39,41). The normalized spacial score (nSPS) is 17.5. The Bertz CT molecular complexity index is 1600. The van der Waals surface area contributed by atoms with Crippen molar-refractivity contribution in [2.45, 2.75) is 39.0 Å². The molecule has 15 heteroatoms. The van der Waals surface area contributed by atoms with Crippen molar-refractivity contribution in [2.75, 3.05) is 73.6 Å². The van der Waals surface area contributed by atoms with Crippen molar-refractivity contribution >= 4 is 75.2 Å². The van der Waals surface area contributed by atoms with Gasteiger partial charge in [0.05, 0.1) is 36.6 Å². The summed E-state index contributed by atoms with van der Waals surface area (Å²) in [6.07, 6.45) is 0. The van der Waals surface area contributed by atoms with Crippen LogP contribution in [0.4, 0.5) is 23.0 Å². The van der Waals surface area contributed by atoms with Crippen molar-refractivity contribution in [3.8, 4) is 0 Å². The molecule has 2 aromatic carbocycles. The summed E-state index contributed by atoms with van der Waals surface area (Å²) < 4.78 is 3.52. The van der Waals surface area contributed by atoms with Crippen molar-refractivity contribution in [1.82, 2.24) is 29.4 Å². The number of anilines is 4. The van der Waals surface area contributed by atoms with Gasteiger partial charge in [0.2, 0.25) is 0 Å². The maximum atomic E-state index is 15.1. The highest BCUT2D eigenvalue weighted by molar-refractivity contribution is 6.33. The molecule has 0 radical (unpaired) electrons. The number of piperazine rings is 2. The Morgan fingerprint density at radius 2 is 0.958 bits per heavy atom. The Labute approximate surface area is 300 Å². The summed E-state index contributed by atoms with van der Waals surface area (Å²) in [5.41, 5.74) is 15.9. The molecule has 0 spiro atoms. The summed E-state index contributed by atoms with van der Waals surface area (Å²) in [6, 6.07) is 14.7. The fraction of sp³-hybridized carbons (Fsp3) is 0.424. The van der Waals surface area contributed by atoms with Gasteiger partial charge in [-0.1, -0.05) is 46.4 Å². The molecule has 2 aliphatic rings. The number of aromatic nitrogens is 4. The van der Waals surface area contributed by atoms with Gasteiger partial charge in [-0.2, -0.15) is 10.2 Å². The molecular formula is C33H40Cl4N10O. The quantitative estimate of drug-likeness (QED) is 0.229. The van der Waals surface area contributed by atoms with E-state index in [1.165, 1.54) is 0 Å². The van der Waals surface area contributed by atoms with Crippen LogP contribution >= 0.6 is 46.4 Å². The second-order valence-electron chi connectivity index (χ2n) is 12.4. The summed E-state index contributed by atoms with van der Waals surface area (Å²) in [7, 11) is 0. The first-order valence-electron chi connectivity index (χ1n) is 16.0. The molecule has 48 heavy (non-hydrogen) atoms. The molecule has 2 fully saturated rings. The van der Waals surface area contributed by atoms with E-state index < -0.39 is 12.1 Å². The lowest BCUT2D eigenvalue weighted by Crippen LogP contribution is -2.61. The number of benzene rings is 2. The van der Waals surface area contributed by atoms with Gasteiger partial charge in [0.15, 0.2) is 17.4 Å². The van der Waals surface area contributed by atoms with E-state index in [2.05, 4.69) is 29.8 Å². The van der Waals surface area contributed by atoms with Crippen LogP contribution in [-0.2, 0) is 17.9 Å². The average molecular weight is 735 g/mol. The number of hydrogen-bond donors (Lipinski definition) is 2. The molecule has 2 unspecified atom stereocenters. The van der Waals surface area contributed by atoms with Gasteiger partial charge < -0.3 is 21.3 Å². The van der Waals surface area contributed by atoms with Crippen LogP contribution in [0.1, 0.15) is 11.4 Å². The second kappa shape index (κ2) is 14.7. The SMILES string of the molecule is Cc1c(Cl)c(N)nn1CC(C(=O)C(Cn1nc(N)c(Cl)c1C)N1CCN(c2ccc(Cl)cc2)CC1)N1CCN(c2ccc(Cl)cc2)CC1. The maximum absolute atomic E-state index is 15.1. The fourth-order valence-corrected chi connectivity index (χ4v) is 7.18. The summed E-state index contributed by atoms with van der Waals surface area (Å²) in [4.78, 5) is 24.2. The van der Waals surface area contributed by atoms with Crippen molar-refractivity contribution in [2.24, 2.45) is 0 Å². The Balaban J connectivity index is 1.29. The fourth-order valence-electron chi connectivity index (χ4n) is 6.66. The smallest absolute Gasteiger partial charge is 0.170 e. The molecule has 4 heterocycles. The molecule has 4 aromatic rings. The number of nitrogens with two attached hydrogens (primary N) is 2. The first-order valence-corrected chi connectivity index (χ1v) is 17.5. The van der Waals surface area contributed by atoms with E-state index >= 15 is 4.79 Å². The minimum absolute atomic E-state index is 0.0732. The van der Waals surface area contributed by atoms with Gasteiger partial charge in [0.1, 0.15) is 10.0 Å². The Hall–Kier alpha value is -3.19. The van der Waals surface area contributed by atoms with Crippen molar-refractivity contribution in [3.63, 3.8) is 0 Å². The van der Waals surface area contributed by atoms with Crippen molar-refractivity contribution in [3.05, 3.63) is 80.0 Å². The van der Waals surface area contributed by atoms with Crippen molar-refractivity contribution < 1.29 is 4.79 Å². The third-order valence-corrected chi connectivity index (χ3v) is 11.0. The second-order valence-corrected chi connectivity index (χ2v) is 14.0. The van der Waals surface area contributed by atoms with Crippen LogP contribution in [0, 0.1) is 13.8 Å². The van der Waals surface area contributed by atoms with E-state index in [0.717, 1.165) is 48.9 Å². The maximum Gasteiger partial charge on any atom is 0.170 e. The Kier molecular flexibility index (Phi) is 10.6. The number of rotatable bonds is 10. The van der Waals surface area contributed by atoms with Crippen LogP contribution in [0.3, 0.4) is 0 Å². The summed E-state index contributed by atoms with van der Waals surface area (Å²) in [6.45, 7) is 10.1. The molecule has 0 bridgehead atoms. The van der Waals surface area contributed by atoms with Crippen LogP contribution in [0.5, 0.6) is 0 Å². The van der Waals surface area contributed by atoms with Gasteiger partial charge in [-0.3, -0.25) is 24.0 Å². The molecular weight excluding hydrogens is 694 g/mol. The van der Waals surface area contributed by atoms with Crippen LogP contribution in [0.15, 0.2) is 48.5 Å². The van der Waals surface area contributed by atoms with E-state index in [1.807, 2.05) is 62.4 Å². The van der Waals surface area contributed by atoms with E-state index in [9.17, 15) is 0 Å². The number of halogens is 4. The zero-order valence-corrected chi connectivity index (χ0v) is 30.0. The first-order chi connectivity index (χ1) is 23.0. The number of ketones is 1. The summed E-state index contributed by atoms with van der Waals surface area (Å²) in [5.74, 6) is 0.573. The van der Waals surface area contributed by atoms with E-state index in [4.69, 9.17) is 57.9 Å². The number of carbonyl (C=O) groups excluding carboxylic acids is 1. The molecule has 2 aromatic heterocycles. The largest absolute Gasteiger partial charge is 0.381 e. The Morgan fingerprint density at radius 3 is 1.25 bits per heavy atom. The lowest BCUT2D eigenvalue weighted by Gasteiger charge is -2.43. The highest BCUT2D eigenvalue weighted by Crippen LogP contribution is 2.28. The Morgan fingerprint density at radius 1 is 0.625 bits per heavy atom. The van der Waals surface area contributed by atoms with Gasteiger partial charge in [-0.15, -0.1) is 0 Å². The molecule has 11 nitrogen and oxygen atoms in total. The predicted octanol–water partition coefficient (Wildman–Crippen LogP) is 5.13. The molecule has 2 saturated heterocycles. The zero-order chi connectivity index (χ0) is 34.1. The monoisotopic (exact) mass is 732 g/mol. The minimum Gasteiger partial charge on any atom is -0.381 e. The number of nitrogen functional groups attached to an aromatic ring is 2. The van der Waals surface area contributed by atoms with Crippen LogP contribution in [0.2, 0.25) is 20.1 Å². The van der Waals surface area contributed by atoms with Gasteiger partial charge in [0, 0.05) is 73.8 Å². The van der Waals surface area contributed by atoms with E-state index in [-0.39, 0.29) is 17.4 Å². The summed E-state index contributed by atoms with van der Waals surface area (Å²) >= 11 is 25.2. The topological polar surface area (TPSA) is 118 Å². The molecule has 6 rings (SSSR count). The van der Waals surface area contributed by atoms with E-state index in [0.29, 0.717) is 59.4 Å². The average Bonchev–Trinajstić information content (AvgIpc) is 3.49. The van der Waals surface area contributed by atoms with Crippen LogP contribution in [-0.4, -0.2) is 99.6 Å². The molecule has 2 atom stereocenters. The molecule has 0 saturated carbocycles. The molecule has 2 aliphatic heterocycles. The van der Waals surface area contributed by atoms with Gasteiger partial charge in [0.25, 0.3) is 0 Å². The third-order valence-electron chi connectivity index (χ3n) is 9.56. The molecule has 0 aliphatic carbocycles. The summed E-state index contributed by atoms with van der Waals surface area (Å²) in [5, 5.41) is 11.2. The zero-order valence-electron chi connectivity index (χ0n) is 27.0. The highest BCUT2D eigenvalue weighted by atomic mass is 35.5. The number of hydrogen-bond acceptors (Lipinski definition) is 9. The van der Waals surface area contributed by atoms with Gasteiger partial charge in [-0.25, -0.2) is 0 Å². The van der Waals surface area contributed by atoms with E-state index in [1.54, 1.807) is 9.36 Å². The highest BCUT2D eigenvalue weighted by Gasteiger charge is 2.39. The number of Topliss-reactive ketones (excluding diaryl/α,β-unsaturated/α-hetero) is 1. The van der Waals surface area contributed by atoms with Gasteiger partial charge in [-0.05, 0) is 62.4 Å². The predicted molar refractivity (Wildman–Crippen MR) is 196 cm³/mol. The number of nitrogens with zero attached hydrogens (tertiary/aromatic N) is 8. The van der Waals surface area contributed by atoms with Gasteiger partial charge >= 0.3 is 0 Å². The minimum atomic E-state index is -0.505. The van der Waals surface area contributed by atoms with Crippen molar-refractivity contribution in [1.29, 1.82) is 0 Å². The third kappa shape index (κ3) is 7.36. The van der Waals surface area contributed by atoms with Crippen LogP contribution < -0.4 is 21.3 Å². The molecule has 256 valence electrons. The van der Waals surface area contributed by atoms with Crippen LogP contribution in [0.25, 0.3) is 0 Å². The molecule has 4 N–H and O–H groups in total. The lowest BCUT2D eigenvalue weighted by molar-refractivity contribution is -0.131. The first kappa shape index (κ1) is 34.7. The molecule has 0 amide bonds. The number of carbonyl (C=O) groups is 1. The lowest BCUT2D eigenvalue weighted by atomic mass is 9.99.